The van der Waals surface area contributed by atoms with Crippen LogP contribution in [-0.2, 0) is 4.74 Å². The van der Waals surface area contributed by atoms with Gasteiger partial charge >= 0.3 is 6.03 Å². The molecule has 0 saturated carbocycles. The fourth-order valence-electron chi connectivity index (χ4n) is 3.81. The lowest BCUT2D eigenvalue weighted by Gasteiger charge is -2.43. The van der Waals surface area contributed by atoms with Crippen molar-refractivity contribution in [1.29, 1.82) is 0 Å². The lowest BCUT2D eigenvalue weighted by molar-refractivity contribution is -0.0691. The van der Waals surface area contributed by atoms with Crippen LogP contribution < -0.4 is 0 Å². The highest BCUT2D eigenvalue weighted by Crippen LogP contribution is 2.34. The summed E-state index contributed by atoms with van der Waals surface area (Å²) < 4.78 is 6.41. The number of likely N-dealkylation sites (tertiary alicyclic amines) is 2. The zero-order valence-corrected chi connectivity index (χ0v) is 17.2. The van der Waals surface area contributed by atoms with Gasteiger partial charge in [-0.15, -0.1) is 0 Å². The molecule has 4 nitrogen and oxygen atoms in total. The number of halogens is 2. The topological polar surface area (TPSA) is 32.8 Å². The van der Waals surface area contributed by atoms with E-state index in [0.717, 1.165) is 37.1 Å². The van der Waals surface area contributed by atoms with E-state index >= 15 is 0 Å². The molecule has 148 valence electrons. The van der Waals surface area contributed by atoms with Gasteiger partial charge in [-0.3, -0.25) is 0 Å². The molecule has 0 spiro atoms. The number of benzene rings is 2. The molecule has 4 rings (SSSR count). The monoisotopic (exact) mass is 418 g/mol. The second kappa shape index (κ2) is 8.73. The molecular weight excluding hydrogens is 395 g/mol. The van der Waals surface area contributed by atoms with Gasteiger partial charge in [-0.1, -0.05) is 53.5 Å². The first kappa shape index (κ1) is 19.6. The maximum absolute atomic E-state index is 12.6. The van der Waals surface area contributed by atoms with Gasteiger partial charge in [0.1, 0.15) is 6.10 Å². The third kappa shape index (κ3) is 4.29. The molecule has 2 aromatic rings. The number of piperidine rings is 1. The van der Waals surface area contributed by atoms with Crippen LogP contribution in [0.25, 0.3) is 0 Å². The molecule has 0 N–H and O–H groups in total. The molecule has 0 aliphatic carbocycles. The van der Waals surface area contributed by atoms with E-state index in [9.17, 15) is 4.79 Å². The SMILES string of the molecule is O=C(N1CCCCC1)N1CC(OC(c2ccc(Cl)cc2)c2ccccc2Cl)C1. The van der Waals surface area contributed by atoms with Gasteiger partial charge in [0.2, 0.25) is 0 Å². The Morgan fingerprint density at radius 1 is 0.929 bits per heavy atom. The van der Waals surface area contributed by atoms with Crippen molar-refractivity contribution in [2.45, 2.75) is 31.5 Å². The Morgan fingerprint density at radius 3 is 2.29 bits per heavy atom. The summed E-state index contributed by atoms with van der Waals surface area (Å²) in [6.45, 7) is 2.97. The fraction of sp³-hybridized carbons (Fsp3) is 0.409. The van der Waals surface area contributed by atoms with Crippen LogP contribution >= 0.6 is 23.2 Å². The molecule has 2 aromatic carbocycles. The quantitative estimate of drug-likeness (QED) is 0.666. The Bertz CT molecular complexity index is 816. The van der Waals surface area contributed by atoms with Gasteiger partial charge in [0.15, 0.2) is 0 Å². The third-order valence-corrected chi connectivity index (χ3v) is 6.03. The number of rotatable bonds is 4. The number of ether oxygens (including phenoxy) is 1. The molecule has 2 saturated heterocycles. The maximum atomic E-state index is 12.6. The van der Waals surface area contributed by atoms with E-state index in [1.807, 2.05) is 58.3 Å². The summed E-state index contributed by atoms with van der Waals surface area (Å²) in [4.78, 5) is 16.4. The Kier molecular flexibility index (Phi) is 6.10. The lowest BCUT2D eigenvalue weighted by atomic mass is 10.0. The number of urea groups is 1. The Balaban J connectivity index is 1.45. The molecular formula is C22H24Cl2N2O2. The molecule has 2 aliphatic rings. The van der Waals surface area contributed by atoms with Gasteiger partial charge < -0.3 is 14.5 Å². The molecule has 2 amide bonds. The van der Waals surface area contributed by atoms with Gasteiger partial charge in [0.25, 0.3) is 0 Å². The summed E-state index contributed by atoms with van der Waals surface area (Å²) in [7, 11) is 0. The first-order valence-corrected chi connectivity index (χ1v) is 10.6. The standard InChI is InChI=1S/C22H24Cl2N2O2/c23-17-10-8-16(9-11-17)21(19-6-2-3-7-20(19)24)28-18-14-26(15-18)22(27)25-12-4-1-5-13-25/h2-3,6-11,18,21H,1,4-5,12-15H2. The molecule has 2 heterocycles. The minimum absolute atomic E-state index is 0.00862. The van der Waals surface area contributed by atoms with E-state index in [1.165, 1.54) is 6.42 Å². The molecule has 2 fully saturated rings. The largest absolute Gasteiger partial charge is 0.362 e. The van der Waals surface area contributed by atoms with Crippen molar-refractivity contribution in [3.63, 3.8) is 0 Å². The molecule has 0 radical (unpaired) electrons. The Hall–Kier alpha value is -1.75. The highest BCUT2D eigenvalue weighted by molar-refractivity contribution is 6.31. The summed E-state index contributed by atoms with van der Waals surface area (Å²) in [6.07, 6.45) is 3.12. The van der Waals surface area contributed by atoms with Crippen LogP contribution in [0.2, 0.25) is 10.0 Å². The molecule has 28 heavy (non-hydrogen) atoms. The van der Waals surface area contributed by atoms with Crippen molar-refractivity contribution in [3.05, 3.63) is 69.7 Å². The van der Waals surface area contributed by atoms with Gasteiger partial charge in [0, 0.05) is 28.7 Å². The second-order valence-electron chi connectivity index (χ2n) is 7.45. The van der Waals surface area contributed by atoms with Crippen LogP contribution in [0.1, 0.15) is 36.5 Å². The van der Waals surface area contributed by atoms with E-state index in [4.69, 9.17) is 27.9 Å². The van der Waals surface area contributed by atoms with Gasteiger partial charge in [-0.05, 0) is 43.0 Å². The van der Waals surface area contributed by atoms with Gasteiger partial charge in [-0.25, -0.2) is 4.79 Å². The summed E-state index contributed by atoms with van der Waals surface area (Å²) >= 11 is 12.5. The number of carbonyl (C=O) groups excluding carboxylic acids is 1. The molecule has 0 bridgehead atoms. The number of amides is 2. The van der Waals surface area contributed by atoms with E-state index in [2.05, 4.69) is 0 Å². The van der Waals surface area contributed by atoms with Gasteiger partial charge in [0.05, 0.1) is 19.2 Å². The van der Waals surface area contributed by atoms with E-state index in [-0.39, 0.29) is 18.2 Å². The zero-order chi connectivity index (χ0) is 19.5. The predicted molar refractivity (Wildman–Crippen MR) is 112 cm³/mol. The zero-order valence-electron chi connectivity index (χ0n) is 15.7. The van der Waals surface area contributed by atoms with E-state index in [0.29, 0.717) is 23.1 Å². The first-order valence-electron chi connectivity index (χ1n) is 9.81. The van der Waals surface area contributed by atoms with Crippen LogP contribution in [0.15, 0.2) is 48.5 Å². The number of hydrogen-bond acceptors (Lipinski definition) is 2. The molecule has 2 aliphatic heterocycles. The summed E-state index contributed by atoms with van der Waals surface area (Å²) in [6, 6.07) is 15.5. The fourth-order valence-corrected chi connectivity index (χ4v) is 4.18. The van der Waals surface area contributed by atoms with Crippen molar-refractivity contribution >= 4 is 29.2 Å². The number of hydrogen-bond donors (Lipinski definition) is 0. The highest BCUT2D eigenvalue weighted by atomic mass is 35.5. The smallest absolute Gasteiger partial charge is 0.320 e. The minimum Gasteiger partial charge on any atom is -0.362 e. The van der Waals surface area contributed by atoms with Gasteiger partial charge in [-0.2, -0.15) is 0 Å². The van der Waals surface area contributed by atoms with E-state index < -0.39 is 0 Å². The molecule has 1 atom stereocenters. The summed E-state index contributed by atoms with van der Waals surface area (Å²) in [5, 5.41) is 1.35. The molecule has 6 heteroatoms. The van der Waals surface area contributed by atoms with Crippen LogP contribution in [0.3, 0.4) is 0 Å². The second-order valence-corrected chi connectivity index (χ2v) is 8.29. The lowest BCUT2D eigenvalue weighted by Crippen LogP contribution is -2.59. The Morgan fingerprint density at radius 2 is 1.61 bits per heavy atom. The van der Waals surface area contributed by atoms with Crippen molar-refractivity contribution < 1.29 is 9.53 Å². The third-order valence-electron chi connectivity index (χ3n) is 5.43. The van der Waals surface area contributed by atoms with Crippen LogP contribution in [0.5, 0.6) is 0 Å². The number of carbonyl (C=O) groups is 1. The van der Waals surface area contributed by atoms with Crippen molar-refractivity contribution in [2.75, 3.05) is 26.2 Å². The van der Waals surface area contributed by atoms with E-state index in [1.54, 1.807) is 0 Å². The Labute approximate surface area is 176 Å². The van der Waals surface area contributed by atoms with Crippen LogP contribution in [-0.4, -0.2) is 48.1 Å². The van der Waals surface area contributed by atoms with Crippen LogP contribution in [0.4, 0.5) is 4.79 Å². The summed E-state index contributed by atoms with van der Waals surface area (Å²) in [5.41, 5.74) is 1.92. The number of nitrogens with zero attached hydrogens (tertiary/aromatic N) is 2. The summed E-state index contributed by atoms with van der Waals surface area (Å²) in [5.74, 6) is 0. The minimum atomic E-state index is -0.289. The van der Waals surface area contributed by atoms with Crippen LogP contribution in [0, 0.1) is 0 Å². The highest BCUT2D eigenvalue weighted by Gasteiger charge is 2.36. The van der Waals surface area contributed by atoms with Crippen molar-refractivity contribution in [3.8, 4) is 0 Å². The average molecular weight is 419 g/mol. The maximum Gasteiger partial charge on any atom is 0.320 e. The predicted octanol–water partition coefficient (Wildman–Crippen LogP) is 5.39. The molecule has 1 unspecified atom stereocenters. The first-order chi connectivity index (χ1) is 13.6. The van der Waals surface area contributed by atoms with Crippen molar-refractivity contribution in [1.82, 2.24) is 9.80 Å². The van der Waals surface area contributed by atoms with Crippen molar-refractivity contribution in [2.24, 2.45) is 0 Å². The average Bonchev–Trinajstić information content (AvgIpc) is 2.69. The molecule has 0 aromatic heterocycles. The normalized spacial score (nSPS) is 18.6.